The average molecular weight is 259 g/mol. The van der Waals surface area contributed by atoms with E-state index in [1.54, 1.807) is 7.05 Å². The van der Waals surface area contributed by atoms with Crippen LogP contribution in [0.1, 0.15) is 23.0 Å². The minimum atomic E-state index is -0.659. The number of likely N-dealkylation sites (N-methyl/N-ethyl adjacent to an activating group) is 1. The van der Waals surface area contributed by atoms with Crippen LogP contribution in [0.4, 0.5) is 0 Å². The third-order valence-electron chi connectivity index (χ3n) is 2.93. The van der Waals surface area contributed by atoms with E-state index < -0.39 is 6.04 Å². The predicted molar refractivity (Wildman–Crippen MR) is 71.0 cm³/mol. The van der Waals surface area contributed by atoms with Crippen molar-refractivity contribution in [2.75, 3.05) is 7.05 Å². The van der Waals surface area contributed by atoms with Crippen LogP contribution in [0.5, 0.6) is 0 Å². The first-order valence-corrected chi connectivity index (χ1v) is 5.99. The molecule has 0 spiro atoms. The molecule has 0 aliphatic carbocycles. The van der Waals surface area contributed by atoms with Gasteiger partial charge in [-0.15, -0.1) is 0 Å². The van der Waals surface area contributed by atoms with Gasteiger partial charge in [0.05, 0.1) is 6.54 Å². The first-order chi connectivity index (χ1) is 9.08. The Labute approximate surface area is 111 Å². The number of rotatable bonds is 4. The summed E-state index contributed by atoms with van der Waals surface area (Å²) in [4.78, 5) is 17.7. The number of nitrogens with zero attached hydrogens (tertiary/aromatic N) is 3. The fourth-order valence-electron chi connectivity index (χ4n) is 1.76. The Morgan fingerprint density at radius 1 is 1.42 bits per heavy atom. The number of nitrogens with two attached hydrogens (primary N) is 1. The molecule has 0 saturated heterocycles. The maximum atomic E-state index is 12.2. The largest absolute Gasteiger partial charge is 0.337 e. The van der Waals surface area contributed by atoms with Crippen LogP contribution in [0.25, 0.3) is 0 Å². The van der Waals surface area contributed by atoms with Crippen LogP contribution >= 0.6 is 0 Å². The Kier molecular flexibility index (Phi) is 3.91. The van der Waals surface area contributed by atoms with Crippen LogP contribution in [0, 0.1) is 6.92 Å². The number of aromatic amines is 1. The predicted octanol–water partition coefficient (Wildman–Crippen LogP) is 0.772. The molecule has 0 fully saturated rings. The minimum Gasteiger partial charge on any atom is -0.337 e. The maximum absolute atomic E-state index is 12.2. The Bertz CT molecular complexity index is 535. The average Bonchev–Trinajstić information content (AvgIpc) is 2.90. The van der Waals surface area contributed by atoms with Gasteiger partial charge in [0.25, 0.3) is 0 Å². The van der Waals surface area contributed by atoms with Gasteiger partial charge in [-0.1, -0.05) is 29.8 Å². The first-order valence-electron chi connectivity index (χ1n) is 5.99. The van der Waals surface area contributed by atoms with Crippen molar-refractivity contribution in [3.8, 4) is 0 Å². The zero-order valence-corrected chi connectivity index (χ0v) is 11.0. The molecule has 0 radical (unpaired) electrons. The van der Waals surface area contributed by atoms with E-state index in [2.05, 4.69) is 15.2 Å². The molecular formula is C13H17N5O. The molecule has 1 aromatic heterocycles. The van der Waals surface area contributed by atoms with Crippen molar-refractivity contribution >= 4 is 5.91 Å². The van der Waals surface area contributed by atoms with Gasteiger partial charge in [0.1, 0.15) is 18.2 Å². The molecule has 3 N–H and O–H groups in total. The number of carbonyl (C=O) groups excluding carboxylic acids is 1. The summed E-state index contributed by atoms with van der Waals surface area (Å²) >= 11 is 0. The van der Waals surface area contributed by atoms with Crippen LogP contribution < -0.4 is 5.73 Å². The molecule has 1 atom stereocenters. The number of nitrogens with one attached hydrogen (secondary N) is 1. The van der Waals surface area contributed by atoms with Crippen molar-refractivity contribution in [2.24, 2.45) is 5.73 Å². The Morgan fingerprint density at radius 2 is 2.11 bits per heavy atom. The molecule has 19 heavy (non-hydrogen) atoms. The fraction of sp³-hybridized carbons (Fsp3) is 0.308. The summed E-state index contributed by atoms with van der Waals surface area (Å²) in [5, 5.41) is 6.46. The Hall–Kier alpha value is -2.21. The van der Waals surface area contributed by atoms with E-state index >= 15 is 0 Å². The van der Waals surface area contributed by atoms with E-state index in [4.69, 9.17) is 5.73 Å². The smallest absolute Gasteiger partial charge is 0.244 e. The lowest BCUT2D eigenvalue weighted by Crippen LogP contribution is -2.35. The monoisotopic (exact) mass is 259 g/mol. The Balaban J connectivity index is 2.04. The SMILES string of the molecule is Cc1ccc(C(N)C(=O)N(C)Cc2ncn[nH]2)cc1. The second-order valence-electron chi connectivity index (χ2n) is 4.51. The summed E-state index contributed by atoms with van der Waals surface area (Å²) in [6, 6.07) is 6.98. The molecule has 1 heterocycles. The summed E-state index contributed by atoms with van der Waals surface area (Å²) in [5.74, 6) is 0.479. The van der Waals surface area contributed by atoms with E-state index in [-0.39, 0.29) is 5.91 Å². The standard InChI is InChI=1S/C13H17N5O/c1-9-3-5-10(6-4-9)12(14)13(19)18(2)7-11-15-8-16-17-11/h3-6,8,12H,7,14H2,1-2H3,(H,15,16,17). The number of aromatic nitrogens is 3. The van der Waals surface area contributed by atoms with Gasteiger partial charge < -0.3 is 10.6 Å². The van der Waals surface area contributed by atoms with Gasteiger partial charge in [-0.05, 0) is 12.5 Å². The van der Waals surface area contributed by atoms with E-state index in [1.165, 1.54) is 11.2 Å². The lowest BCUT2D eigenvalue weighted by atomic mass is 10.0. The summed E-state index contributed by atoms with van der Waals surface area (Å²) in [6.45, 7) is 2.35. The third-order valence-corrected chi connectivity index (χ3v) is 2.93. The van der Waals surface area contributed by atoms with Gasteiger partial charge in [0.2, 0.25) is 5.91 Å². The van der Waals surface area contributed by atoms with Gasteiger partial charge in [-0.2, -0.15) is 5.10 Å². The third kappa shape index (κ3) is 3.17. The van der Waals surface area contributed by atoms with E-state index in [0.717, 1.165) is 11.1 Å². The molecule has 2 aromatic rings. The first kappa shape index (κ1) is 13.2. The van der Waals surface area contributed by atoms with Crippen LogP contribution in [0.3, 0.4) is 0 Å². The summed E-state index contributed by atoms with van der Waals surface area (Å²) in [5.41, 5.74) is 7.92. The number of hydrogen-bond donors (Lipinski definition) is 2. The molecule has 1 unspecified atom stereocenters. The maximum Gasteiger partial charge on any atom is 0.244 e. The van der Waals surface area contributed by atoms with Crippen molar-refractivity contribution in [1.82, 2.24) is 20.1 Å². The van der Waals surface area contributed by atoms with Gasteiger partial charge in [-0.3, -0.25) is 9.89 Å². The van der Waals surface area contributed by atoms with Crippen LogP contribution in [-0.4, -0.2) is 33.0 Å². The van der Waals surface area contributed by atoms with Crippen molar-refractivity contribution in [1.29, 1.82) is 0 Å². The highest BCUT2D eigenvalue weighted by molar-refractivity contribution is 5.82. The van der Waals surface area contributed by atoms with E-state index in [0.29, 0.717) is 12.4 Å². The van der Waals surface area contributed by atoms with Crippen LogP contribution in [0.2, 0.25) is 0 Å². The van der Waals surface area contributed by atoms with Crippen LogP contribution in [-0.2, 0) is 11.3 Å². The minimum absolute atomic E-state index is 0.153. The van der Waals surface area contributed by atoms with Crippen molar-refractivity contribution in [3.63, 3.8) is 0 Å². The van der Waals surface area contributed by atoms with E-state index in [9.17, 15) is 4.79 Å². The molecule has 100 valence electrons. The van der Waals surface area contributed by atoms with Crippen molar-refractivity contribution in [2.45, 2.75) is 19.5 Å². The zero-order chi connectivity index (χ0) is 13.8. The lowest BCUT2D eigenvalue weighted by molar-refractivity contribution is -0.132. The summed E-state index contributed by atoms with van der Waals surface area (Å²) in [7, 11) is 1.69. The second-order valence-corrected chi connectivity index (χ2v) is 4.51. The van der Waals surface area contributed by atoms with Crippen molar-refractivity contribution in [3.05, 3.63) is 47.5 Å². The quantitative estimate of drug-likeness (QED) is 0.849. The van der Waals surface area contributed by atoms with Crippen molar-refractivity contribution < 1.29 is 4.79 Å². The second kappa shape index (κ2) is 5.62. The molecule has 6 heteroatoms. The molecule has 2 rings (SSSR count). The van der Waals surface area contributed by atoms with Gasteiger partial charge in [0, 0.05) is 7.05 Å². The number of H-pyrrole nitrogens is 1. The molecule has 0 saturated carbocycles. The fourth-order valence-corrected chi connectivity index (χ4v) is 1.76. The molecule has 6 nitrogen and oxygen atoms in total. The van der Waals surface area contributed by atoms with Gasteiger partial charge >= 0.3 is 0 Å². The molecule has 1 amide bonds. The molecular weight excluding hydrogens is 242 g/mol. The highest BCUT2D eigenvalue weighted by Crippen LogP contribution is 2.14. The van der Waals surface area contributed by atoms with Crippen LogP contribution in [0.15, 0.2) is 30.6 Å². The highest BCUT2D eigenvalue weighted by Gasteiger charge is 2.20. The number of benzene rings is 1. The lowest BCUT2D eigenvalue weighted by Gasteiger charge is -2.20. The topological polar surface area (TPSA) is 87.9 Å². The number of hydrogen-bond acceptors (Lipinski definition) is 4. The molecule has 0 aliphatic heterocycles. The molecule has 0 bridgehead atoms. The zero-order valence-electron chi connectivity index (χ0n) is 11.0. The number of amides is 1. The van der Waals surface area contributed by atoms with Gasteiger partial charge in [0.15, 0.2) is 0 Å². The molecule has 0 aliphatic rings. The summed E-state index contributed by atoms with van der Waals surface area (Å²) < 4.78 is 0. The Morgan fingerprint density at radius 3 is 2.68 bits per heavy atom. The van der Waals surface area contributed by atoms with Gasteiger partial charge in [-0.25, -0.2) is 4.98 Å². The highest BCUT2D eigenvalue weighted by atomic mass is 16.2. The number of carbonyl (C=O) groups is 1. The summed E-state index contributed by atoms with van der Waals surface area (Å²) in [6.07, 6.45) is 1.41. The number of aryl methyl sites for hydroxylation is 1. The van der Waals surface area contributed by atoms with E-state index in [1.807, 2.05) is 31.2 Å². The molecule has 1 aromatic carbocycles. The normalized spacial score (nSPS) is 12.2.